The average molecular weight is 467 g/mol. The fourth-order valence-electron chi connectivity index (χ4n) is 4.80. The van der Waals surface area contributed by atoms with E-state index in [1.165, 1.54) is 0 Å². The van der Waals surface area contributed by atoms with Crippen LogP contribution in [0, 0.1) is 5.41 Å². The van der Waals surface area contributed by atoms with Crippen molar-refractivity contribution in [2.24, 2.45) is 5.41 Å². The standard InChI is InChI=1S/C26H34N4O4/c1-17(2)30-12-9-26(3,10-13-30)25(32)28-23-16-22(8-11-27-23)34-21-7-6-18-14-20(24(31)29-33)5-4-19(18)15-21/h4-5,8,11,14,16-17,21,33H,6-7,9-10,12-13,15H2,1-3H3,(H,29,31)(H,27,28,32). The predicted molar refractivity (Wildman–Crippen MR) is 129 cm³/mol. The number of hydroxylamine groups is 1. The van der Waals surface area contributed by atoms with E-state index in [1.807, 2.05) is 25.1 Å². The first-order valence-corrected chi connectivity index (χ1v) is 12.0. The molecule has 1 saturated heterocycles. The lowest BCUT2D eigenvalue weighted by Crippen LogP contribution is -2.47. The Morgan fingerprint density at radius 2 is 1.94 bits per heavy atom. The van der Waals surface area contributed by atoms with Crippen molar-refractivity contribution in [3.05, 3.63) is 53.2 Å². The van der Waals surface area contributed by atoms with Crippen LogP contribution in [0.2, 0.25) is 0 Å². The number of amides is 2. The molecule has 0 radical (unpaired) electrons. The number of piperidine rings is 1. The number of likely N-dealkylation sites (tertiary alicyclic amines) is 1. The number of rotatable bonds is 6. The Kier molecular flexibility index (Phi) is 7.19. The molecule has 0 bridgehead atoms. The molecule has 1 fully saturated rings. The molecule has 2 heterocycles. The molecule has 1 aliphatic heterocycles. The van der Waals surface area contributed by atoms with E-state index in [9.17, 15) is 9.59 Å². The molecule has 0 saturated carbocycles. The Balaban J connectivity index is 1.36. The van der Waals surface area contributed by atoms with Gasteiger partial charge in [0.15, 0.2) is 0 Å². The van der Waals surface area contributed by atoms with Crippen LogP contribution < -0.4 is 15.5 Å². The zero-order chi connectivity index (χ0) is 24.3. The largest absolute Gasteiger partial charge is 0.490 e. The summed E-state index contributed by atoms with van der Waals surface area (Å²) in [5.74, 6) is 0.683. The number of aromatic nitrogens is 1. The molecular weight excluding hydrogens is 432 g/mol. The number of hydrogen-bond donors (Lipinski definition) is 3. The maximum atomic E-state index is 13.0. The third kappa shape index (κ3) is 5.39. The van der Waals surface area contributed by atoms with Crippen LogP contribution in [0.5, 0.6) is 5.75 Å². The van der Waals surface area contributed by atoms with E-state index in [0.717, 1.165) is 56.3 Å². The summed E-state index contributed by atoms with van der Waals surface area (Å²) in [6.45, 7) is 8.27. The number of hydrogen-bond acceptors (Lipinski definition) is 6. The fourth-order valence-corrected chi connectivity index (χ4v) is 4.80. The maximum absolute atomic E-state index is 13.0. The van der Waals surface area contributed by atoms with Crippen molar-refractivity contribution in [3.8, 4) is 5.75 Å². The van der Waals surface area contributed by atoms with Gasteiger partial charge in [-0.3, -0.25) is 14.8 Å². The van der Waals surface area contributed by atoms with Crippen LogP contribution in [-0.2, 0) is 17.6 Å². The predicted octanol–water partition coefficient (Wildman–Crippen LogP) is 3.59. The van der Waals surface area contributed by atoms with Crippen molar-refractivity contribution in [2.75, 3.05) is 18.4 Å². The van der Waals surface area contributed by atoms with E-state index in [4.69, 9.17) is 9.94 Å². The molecular formula is C26H34N4O4. The highest BCUT2D eigenvalue weighted by Crippen LogP contribution is 2.33. The number of nitrogens with zero attached hydrogens (tertiary/aromatic N) is 2. The van der Waals surface area contributed by atoms with Crippen molar-refractivity contribution < 1.29 is 19.5 Å². The topological polar surface area (TPSA) is 104 Å². The normalized spacial score (nSPS) is 19.9. The zero-order valence-corrected chi connectivity index (χ0v) is 20.1. The van der Waals surface area contributed by atoms with E-state index in [0.29, 0.717) is 23.2 Å². The fraction of sp³-hybridized carbons (Fsp3) is 0.500. The van der Waals surface area contributed by atoms with Crippen LogP contribution in [-0.4, -0.2) is 52.1 Å². The lowest BCUT2D eigenvalue weighted by molar-refractivity contribution is -0.127. The van der Waals surface area contributed by atoms with Crippen LogP contribution in [0.3, 0.4) is 0 Å². The second-order valence-electron chi connectivity index (χ2n) is 9.93. The first-order valence-electron chi connectivity index (χ1n) is 12.0. The summed E-state index contributed by atoms with van der Waals surface area (Å²) < 4.78 is 6.23. The highest BCUT2D eigenvalue weighted by Gasteiger charge is 2.37. The number of pyridine rings is 1. The minimum Gasteiger partial charge on any atom is -0.490 e. The van der Waals surface area contributed by atoms with Crippen molar-refractivity contribution in [3.63, 3.8) is 0 Å². The monoisotopic (exact) mass is 466 g/mol. The quantitative estimate of drug-likeness (QED) is 0.444. The number of aryl methyl sites for hydroxylation is 1. The molecule has 8 nitrogen and oxygen atoms in total. The molecule has 8 heteroatoms. The minimum absolute atomic E-state index is 0.00570. The van der Waals surface area contributed by atoms with Gasteiger partial charge in [0.25, 0.3) is 5.91 Å². The first kappa shape index (κ1) is 24.2. The lowest BCUT2D eigenvalue weighted by Gasteiger charge is -2.39. The van der Waals surface area contributed by atoms with Crippen LogP contribution >= 0.6 is 0 Å². The molecule has 2 aliphatic rings. The molecule has 1 atom stereocenters. The van der Waals surface area contributed by atoms with Gasteiger partial charge in [-0.2, -0.15) is 0 Å². The minimum atomic E-state index is -0.508. The summed E-state index contributed by atoms with van der Waals surface area (Å²) in [5.41, 5.74) is 3.95. The lowest BCUT2D eigenvalue weighted by atomic mass is 9.79. The van der Waals surface area contributed by atoms with Crippen LogP contribution in [0.4, 0.5) is 5.82 Å². The van der Waals surface area contributed by atoms with E-state index < -0.39 is 11.3 Å². The second kappa shape index (κ2) is 10.1. The SMILES string of the molecule is CC(C)N1CCC(C)(C(=O)Nc2cc(OC3CCc4cc(C(=O)NO)ccc4C3)ccn2)CC1. The van der Waals surface area contributed by atoms with Crippen LogP contribution in [0.1, 0.15) is 61.5 Å². The van der Waals surface area contributed by atoms with Crippen LogP contribution in [0.15, 0.2) is 36.5 Å². The van der Waals surface area contributed by atoms with E-state index in [2.05, 4.69) is 29.0 Å². The van der Waals surface area contributed by atoms with Crippen molar-refractivity contribution in [1.82, 2.24) is 15.4 Å². The molecule has 182 valence electrons. The maximum Gasteiger partial charge on any atom is 0.274 e. The summed E-state index contributed by atoms with van der Waals surface area (Å²) in [6.07, 6.45) is 5.63. The molecule has 2 amide bonds. The molecule has 1 aromatic carbocycles. The molecule has 2 aromatic rings. The smallest absolute Gasteiger partial charge is 0.274 e. The van der Waals surface area contributed by atoms with E-state index in [1.54, 1.807) is 23.8 Å². The van der Waals surface area contributed by atoms with E-state index >= 15 is 0 Å². The van der Waals surface area contributed by atoms with Gasteiger partial charge in [0.1, 0.15) is 17.7 Å². The summed E-state index contributed by atoms with van der Waals surface area (Å²) in [6, 6.07) is 9.54. The molecule has 1 unspecified atom stereocenters. The second-order valence-corrected chi connectivity index (χ2v) is 9.93. The summed E-state index contributed by atoms with van der Waals surface area (Å²) in [5, 5.41) is 11.8. The van der Waals surface area contributed by atoms with Gasteiger partial charge in [0.2, 0.25) is 5.91 Å². The average Bonchev–Trinajstić information content (AvgIpc) is 2.83. The van der Waals surface area contributed by atoms with Gasteiger partial charge in [-0.15, -0.1) is 0 Å². The number of nitrogens with one attached hydrogen (secondary N) is 2. The molecule has 4 rings (SSSR count). The number of carbonyl (C=O) groups excluding carboxylic acids is 2. The van der Waals surface area contributed by atoms with Crippen LogP contribution in [0.25, 0.3) is 0 Å². The Hall–Kier alpha value is -2.97. The van der Waals surface area contributed by atoms with Gasteiger partial charge >= 0.3 is 0 Å². The number of benzene rings is 1. The van der Waals surface area contributed by atoms with Crippen molar-refractivity contribution in [2.45, 2.75) is 65.0 Å². The Morgan fingerprint density at radius 1 is 1.18 bits per heavy atom. The van der Waals surface area contributed by atoms with Crippen molar-refractivity contribution >= 4 is 17.6 Å². The zero-order valence-electron chi connectivity index (χ0n) is 20.1. The molecule has 0 spiro atoms. The summed E-state index contributed by atoms with van der Waals surface area (Å²) >= 11 is 0. The molecule has 1 aromatic heterocycles. The number of anilines is 1. The number of carbonyl (C=O) groups is 2. The van der Waals surface area contributed by atoms with Gasteiger partial charge in [0, 0.05) is 35.7 Å². The van der Waals surface area contributed by atoms with E-state index in [-0.39, 0.29) is 12.0 Å². The van der Waals surface area contributed by atoms with Gasteiger partial charge < -0.3 is 15.0 Å². The molecule has 1 aliphatic carbocycles. The van der Waals surface area contributed by atoms with Gasteiger partial charge in [-0.25, -0.2) is 10.5 Å². The summed E-state index contributed by atoms with van der Waals surface area (Å²) in [7, 11) is 0. The third-order valence-corrected chi connectivity index (χ3v) is 7.21. The number of ether oxygens (including phenoxy) is 1. The highest BCUT2D eigenvalue weighted by atomic mass is 16.5. The van der Waals surface area contributed by atoms with Gasteiger partial charge in [-0.05, 0) is 81.9 Å². The van der Waals surface area contributed by atoms with Crippen molar-refractivity contribution in [1.29, 1.82) is 0 Å². The Bertz CT molecular complexity index is 1050. The number of fused-ring (bicyclic) bond motifs is 1. The molecule has 3 N–H and O–H groups in total. The van der Waals surface area contributed by atoms with Gasteiger partial charge in [-0.1, -0.05) is 13.0 Å². The molecule has 34 heavy (non-hydrogen) atoms. The van der Waals surface area contributed by atoms with Gasteiger partial charge in [0.05, 0.1) is 0 Å². The Labute approximate surface area is 200 Å². The highest BCUT2D eigenvalue weighted by molar-refractivity contribution is 5.94. The Morgan fingerprint density at radius 3 is 2.65 bits per heavy atom. The summed E-state index contributed by atoms with van der Waals surface area (Å²) in [4.78, 5) is 31.4. The third-order valence-electron chi connectivity index (χ3n) is 7.21. The first-order chi connectivity index (χ1) is 16.3.